The van der Waals surface area contributed by atoms with Crippen molar-refractivity contribution in [2.24, 2.45) is 41.2 Å². The molecular weight excluding hydrogens is 504 g/mol. The van der Waals surface area contributed by atoms with Gasteiger partial charge in [-0.15, -0.1) is 0 Å². The molecule has 0 radical (unpaired) electrons. The minimum Gasteiger partial charge on any atom is -0.507 e. The van der Waals surface area contributed by atoms with Crippen LogP contribution in [0.1, 0.15) is 67.4 Å². The number of fused-ring (bicyclic) bond motifs is 3. The molecule has 10 heteroatoms. The van der Waals surface area contributed by atoms with Crippen molar-refractivity contribution in [2.75, 3.05) is 13.1 Å². The summed E-state index contributed by atoms with van der Waals surface area (Å²) in [7, 11) is 0. The minimum atomic E-state index is -2.95. The molecule has 39 heavy (non-hydrogen) atoms. The lowest BCUT2D eigenvalue weighted by molar-refractivity contribution is -0.198. The van der Waals surface area contributed by atoms with Crippen molar-refractivity contribution in [3.63, 3.8) is 0 Å². The van der Waals surface area contributed by atoms with Crippen LogP contribution >= 0.6 is 0 Å². The van der Waals surface area contributed by atoms with Gasteiger partial charge in [-0.25, -0.2) is 0 Å². The maximum atomic E-state index is 14.0. The Morgan fingerprint density at radius 1 is 1.10 bits per heavy atom. The standard InChI is InChI=1S/C29H36N2O8/c1-12(2)16-21-25(35)17-13(3)15-8-7-14(11-31-9-5-4-6-10-31)22(32)18(15)24(34)19(17)26(36)29(21,39)27(37)20(23(16)33)28(30)38/h7-8,12-13,16-17,19-21,25,32,35,39H,4-6,9-11H2,1-3H3,(H2,30,38)/t13-,16-,17+,19?,20?,21+,25-,29-/m0/s1. The molecule has 1 amide bonds. The summed E-state index contributed by atoms with van der Waals surface area (Å²) >= 11 is 0. The molecular formula is C29H36N2O8. The van der Waals surface area contributed by atoms with Crippen LogP contribution in [-0.2, 0) is 25.7 Å². The van der Waals surface area contributed by atoms with Gasteiger partial charge in [0.25, 0.3) is 0 Å². The number of primary amides is 1. The number of Topliss-reactive ketones (excluding diaryl/α,β-unsaturated/α-hetero) is 4. The van der Waals surface area contributed by atoms with Crippen LogP contribution in [0, 0.1) is 35.5 Å². The number of phenolic OH excluding ortho intramolecular Hbond substituents is 1. The fourth-order valence-corrected chi connectivity index (χ4v) is 7.76. The quantitative estimate of drug-likeness (QED) is 0.401. The first-order valence-electron chi connectivity index (χ1n) is 13.8. The molecule has 2 unspecified atom stereocenters. The third-order valence-corrected chi connectivity index (χ3v) is 9.66. The van der Waals surface area contributed by atoms with Crippen molar-refractivity contribution < 1.29 is 39.3 Å². The normalized spacial score (nSPS) is 36.9. The van der Waals surface area contributed by atoms with E-state index >= 15 is 0 Å². The second kappa shape index (κ2) is 9.60. The molecule has 0 aromatic heterocycles. The van der Waals surface area contributed by atoms with Gasteiger partial charge in [0.05, 0.1) is 17.6 Å². The topological polar surface area (TPSA) is 175 Å². The number of aromatic hydroxyl groups is 1. The molecule has 3 fully saturated rings. The second-order valence-corrected chi connectivity index (χ2v) is 12.1. The number of hydrogen-bond donors (Lipinski definition) is 4. The van der Waals surface area contributed by atoms with Crippen LogP contribution in [0.3, 0.4) is 0 Å². The molecule has 1 aromatic rings. The number of rotatable bonds is 4. The molecule has 8 atom stereocenters. The number of amides is 1. The molecule has 4 aliphatic rings. The minimum absolute atomic E-state index is 0.0490. The zero-order valence-electron chi connectivity index (χ0n) is 22.4. The first-order valence-corrected chi connectivity index (χ1v) is 13.8. The Balaban J connectivity index is 1.62. The zero-order chi connectivity index (χ0) is 28.5. The predicted molar refractivity (Wildman–Crippen MR) is 137 cm³/mol. The number of aliphatic hydroxyl groups excluding tert-OH is 1. The summed E-state index contributed by atoms with van der Waals surface area (Å²) < 4.78 is 0. The molecule has 5 N–H and O–H groups in total. The predicted octanol–water partition coefficient (Wildman–Crippen LogP) is 0.727. The zero-order valence-corrected chi connectivity index (χ0v) is 22.4. The van der Waals surface area contributed by atoms with Crippen LogP contribution < -0.4 is 5.73 Å². The SMILES string of the molecule is CC(C)[C@@H]1C(=O)C(C(N)=O)C(=O)[C@@]2(O)C(=O)C3C(=O)c4c(ccc(CN5CCCCC5)c4O)[C@H](C)[C@H]3[C@H](O)[C@@H]12. The lowest BCUT2D eigenvalue weighted by Gasteiger charge is -2.55. The number of nitrogens with two attached hydrogens (primary N) is 1. The number of phenols is 1. The Morgan fingerprint density at radius 3 is 2.33 bits per heavy atom. The van der Waals surface area contributed by atoms with Crippen LogP contribution in [0.5, 0.6) is 5.75 Å². The van der Waals surface area contributed by atoms with Gasteiger partial charge in [0.15, 0.2) is 34.7 Å². The van der Waals surface area contributed by atoms with E-state index in [1.54, 1.807) is 32.9 Å². The van der Waals surface area contributed by atoms with E-state index in [4.69, 9.17) is 5.73 Å². The lowest BCUT2D eigenvalue weighted by Crippen LogP contribution is -2.75. The Morgan fingerprint density at radius 2 is 1.74 bits per heavy atom. The molecule has 1 heterocycles. The van der Waals surface area contributed by atoms with Crippen molar-refractivity contribution in [2.45, 2.75) is 64.2 Å². The maximum Gasteiger partial charge on any atom is 0.235 e. The highest BCUT2D eigenvalue weighted by molar-refractivity contribution is 6.32. The van der Waals surface area contributed by atoms with Gasteiger partial charge in [0.2, 0.25) is 5.91 Å². The number of carbonyl (C=O) groups excluding carboxylic acids is 5. The van der Waals surface area contributed by atoms with E-state index in [1.165, 1.54) is 0 Å². The number of hydrogen-bond acceptors (Lipinski definition) is 9. The fraction of sp³-hybridized carbons (Fsp3) is 0.621. The molecule has 0 spiro atoms. The van der Waals surface area contributed by atoms with Gasteiger partial charge in [-0.1, -0.05) is 39.3 Å². The van der Waals surface area contributed by atoms with E-state index in [0.717, 1.165) is 32.4 Å². The number of carbonyl (C=O) groups is 5. The Bertz CT molecular complexity index is 1270. The first-order chi connectivity index (χ1) is 18.3. The molecule has 0 bridgehead atoms. The Kier molecular flexibility index (Phi) is 6.80. The summed E-state index contributed by atoms with van der Waals surface area (Å²) in [5.74, 6) is -14.4. The lowest BCUT2D eigenvalue weighted by atomic mass is 9.47. The third kappa shape index (κ3) is 3.82. The van der Waals surface area contributed by atoms with Crippen molar-refractivity contribution in [1.82, 2.24) is 4.90 Å². The smallest absolute Gasteiger partial charge is 0.235 e. The largest absolute Gasteiger partial charge is 0.507 e. The van der Waals surface area contributed by atoms with Gasteiger partial charge in [0, 0.05) is 29.9 Å². The van der Waals surface area contributed by atoms with E-state index in [-0.39, 0.29) is 11.3 Å². The van der Waals surface area contributed by atoms with Crippen LogP contribution in [0.25, 0.3) is 0 Å². The molecule has 2 saturated carbocycles. The number of nitrogens with zero attached hydrogens (tertiary/aromatic N) is 1. The second-order valence-electron chi connectivity index (χ2n) is 12.1. The first kappa shape index (κ1) is 27.6. The number of ketones is 4. The summed E-state index contributed by atoms with van der Waals surface area (Å²) in [6.07, 6.45) is 1.63. The van der Waals surface area contributed by atoms with E-state index in [0.29, 0.717) is 17.7 Å². The summed E-state index contributed by atoms with van der Waals surface area (Å²) in [5.41, 5.74) is 3.35. The van der Waals surface area contributed by atoms with E-state index < -0.39 is 82.2 Å². The van der Waals surface area contributed by atoms with Gasteiger partial charge in [-0.3, -0.25) is 28.9 Å². The molecule has 210 valence electrons. The van der Waals surface area contributed by atoms with Gasteiger partial charge in [0.1, 0.15) is 5.75 Å². The Hall–Kier alpha value is -2.95. The fourth-order valence-electron chi connectivity index (χ4n) is 7.76. The monoisotopic (exact) mass is 540 g/mol. The van der Waals surface area contributed by atoms with Gasteiger partial charge >= 0.3 is 0 Å². The van der Waals surface area contributed by atoms with E-state index in [1.807, 2.05) is 0 Å². The van der Waals surface area contributed by atoms with E-state index in [9.17, 15) is 39.3 Å². The van der Waals surface area contributed by atoms with Gasteiger partial charge in [-0.2, -0.15) is 0 Å². The average Bonchev–Trinajstić information content (AvgIpc) is 2.87. The maximum absolute atomic E-state index is 14.0. The highest BCUT2D eigenvalue weighted by Crippen LogP contribution is 2.56. The number of likely N-dealkylation sites (tertiary alicyclic amines) is 1. The third-order valence-electron chi connectivity index (χ3n) is 9.66. The average molecular weight is 541 g/mol. The van der Waals surface area contributed by atoms with Crippen LogP contribution in [0.4, 0.5) is 0 Å². The number of aliphatic hydroxyl groups is 2. The summed E-state index contributed by atoms with van der Waals surface area (Å²) in [5, 5.41) is 34.7. The Labute approximate surface area is 226 Å². The molecule has 3 aliphatic carbocycles. The molecule has 1 saturated heterocycles. The van der Waals surface area contributed by atoms with Crippen molar-refractivity contribution in [1.29, 1.82) is 0 Å². The van der Waals surface area contributed by atoms with Gasteiger partial charge < -0.3 is 21.1 Å². The van der Waals surface area contributed by atoms with Crippen molar-refractivity contribution >= 4 is 29.0 Å². The summed E-state index contributed by atoms with van der Waals surface area (Å²) in [6.45, 7) is 7.14. The van der Waals surface area contributed by atoms with Crippen LogP contribution in [0.2, 0.25) is 0 Å². The van der Waals surface area contributed by atoms with Gasteiger partial charge in [-0.05, 0) is 43.3 Å². The summed E-state index contributed by atoms with van der Waals surface area (Å²) in [4.78, 5) is 69.0. The molecule has 5 rings (SSSR count). The highest BCUT2D eigenvalue weighted by Gasteiger charge is 2.72. The van der Waals surface area contributed by atoms with Crippen molar-refractivity contribution in [3.05, 3.63) is 28.8 Å². The summed E-state index contributed by atoms with van der Waals surface area (Å²) in [6, 6.07) is 3.48. The van der Waals surface area contributed by atoms with E-state index in [2.05, 4.69) is 4.90 Å². The molecule has 1 aromatic carbocycles. The highest BCUT2D eigenvalue weighted by atomic mass is 16.3. The van der Waals surface area contributed by atoms with Crippen LogP contribution in [-0.4, -0.2) is 74.1 Å². The van der Waals surface area contributed by atoms with Crippen LogP contribution in [0.15, 0.2) is 12.1 Å². The number of piperidine rings is 1. The molecule has 1 aliphatic heterocycles. The molecule has 10 nitrogen and oxygen atoms in total. The van der Waals surface area contributed by atoms with Crippen molar-refractivity contribution in [3.8, 4) is 5.75 Å². The number of benzene rings is 1.